The Morgan fingerprint density at radius 2 is 1.95 bits per heavy atom. The summed E-state index contributed by atoms with van der Waals surface area (Å²) in [5.74, 6) is 0. The van der Waals surface area contributed by atoms with Crippen molar-refractivity contribution in [2.75, 3.05) is 29.9 Å². The van der Waals surface area contributed by atoms with E-state index < -0.39 is 0 Å². The molecule has 0 amide bonds. The lowest BCUT2D eigenvalue weighted by Crippen LogP contribution is -2.19. The molecular formula is C17H21N3. The van der Waals surface area contributed by atoms with Crippen LogP contribution in [0.4, 0.5) is 11.4 Å². The van der Waals surface area contributed by atoms with Gasteiger partial charge in [-0.25, -0.2) is 0 Å². The van der Waals surface area contributed by atoms with Crippen LogP contribution in [-0.2, 0) is 0 Å². The summed E-state index contributed by atoms with van der Waals surface area (Å²) in [4.78, 5) is 9.47. The first-order chi connectivity index (χ1) is 9.83. The number of fused-ring (bicyclic) bond motifs is 1. The molecule has 1 aromatic heterocycles. The van der Waals surface area contributed by atoms with Gasteiger partial charge in [0.15, 0.2) is 0 Å². The molecule has 0 atom stereocenters. The molecule has 1 saturated heterocycles. The molecule has 3 nitrogen and oxygen atoms in total. The molecule has 0 spiro atoms. The minimum Gasteiger partial charge on any atom is -0.372 e. The third kappa shape index (κ3) is 2.01. The Balaban J connectivity index is 1.75. The van der Waals surface area contributed by atoms with Crippen LogP contribution in [0.3, 0.4) is 0 Å². The number of pyridine rings is 1. The Kier molecular flexibility index (Phi) is 2.79. The number of benzene rings is 1. The van der Waals surface area contributed by atoms with Crippen LogP contribution in [0.15, 0.2) is 30.5 Å². The maximum Gasteiger partial charge on any atom is 0.0743 e. The van der Waals surface area contributed by atoms with Crippen molar-refractivity contribution >= 4 is 22.3 Å². The molecule has 4 rings (SSSR count). The van der Waals surface area contributed by atoms with Crippen LogP contribution in [0.2, 0.25) is 0 Å². The monoisotopic (exact) mass is 267 g/mol. The lowest BCUT2D eigenvalue weighted by molar-refractivity contribution is 0.918. The Hall–Kier alpha value is -1.77. The molecule has 1 saturated carbocycles. The Bertz CT molecular complexity index is 627. The molecule has 0 radical (unpaired) electrons. The summed E-state index contributed by atoms with van der Waals surface area (Å²) in [7, 11) is 2.20. The molecule has 2 aliphatic rings. The minimum atomic E-state index is 0.745. The van der Waals surface area contributed by atoms with Gasteiger partial charge >= 0.3 is 0 Å². The lowest BCUT2D eigenvalue weighted by Gasteiger charge is -2.22. The molecule has 0 unspecified atom stereocenters. The van der Waals surface area contributed by atoms with Crippen molar-refractivity contribution in [3.63, 3.8) is 0 Å². The second kappa shape index (κ2) is 4.65. The van der Waals surface area contributed by atoms with Gasteiger partial charge in [-0.15, -0.1) is 0 Å². The summed E-state index contributed by atoms with van der Waals surface area (Å²) in [5, 5.41) is 1.29. The van der Waals surface area contributed by atoms with Crippen molar-refractivity contribution in [3.8, 4) is 0 Å². The van der Waals surface area contributed by atoms with E-state index in [1.807, 2.05) is 6.20 Å². The molecule has 2 aromatic rings. The topological polar surface area (TPSA) is 19.4 Å². The predicted molar refractivity (Wildman–Crippen MR) is 84.6 cm³/mol. The molecule has 2 fully saturated rings. The van der Waals surface area contributed by atoms with E-state index in [0.29, 0.717) is 0 Å². The number of nitrogens with zero attached hydrogens (tertiary/aromatic N) is 3. The Labute approximate surface area is 120 Å². The normalized spacial score (nSPS) is 18.8. The molecule has 0 N–H and O–H groups in total. The van der Waals surface area contributed by atoms with Crippen molar-refractivity contribution < 1.29 is 0 Å². The molecular weight excluding hydrogens is 246 g/mol. The summed E-state index contributed by atoms with van der Waals surface area (Å²) in [6.45, 7) is 2.37. The van der Waals surface area contributed by atoms with Gasteiger partial charge in [0.1, 0.15) is 0 Å². The van der Waals surface area contributed by atoms with E-state index in [1.54, 1.807) is 0 Å². The van der Waals surface area contributed by atoms with Crippen molar-refractivity contribution in [1.82, 2.24) is 4.98 Å². The molecule has 2 heterocycles. The van der Waals surface area contributed by atoms with Crippen molar-refractivity contribution in [2.24, 2.45) is 0 Å². The zero-order valence-electron chi connectivity index (χ0n) is 12.0. The third-order valence-corrected chi connectivity index (χ3v) is 4.65. The number of rotatable bonds is 3. The van der Waals surface area contributed by atoms with Crippen LogP contribution in [-0.4, -0.2) is 31.2 Å². The van der Waals surface area contributed by atoms with E-state index in [1.165, 1.54) is 55.5 Å². The second-order valence-electron chi connectivity index (χ2n) is 6.07. The van der Waals surface area contributed by atoms with Gasteiger partial charge in [0.05, 0.1) is 5.52 Å². The fourth-order valence-corrected chi connectivity index (χ4v) is 3.25. The highest BCUT2D eigenvalue weighted by atomic mass is 15.2. The van der Waals surface area contributed by atoms with Gasteiger partial charge in [-0.05, 0) is 49.9 Å². The second-order valence-corrected chi connectivity index (χ2v) is 6.07. The van der Waals surface area contributed by atoms with Crippen molar-refractivity contribution in [3.05, 3.63) is 30.5 Å². The fraction of sp³-hybridized carbons (Fsp3) is 0.471. The molecule has 3 heteroatoms. The summed E-state index contributed by atoms with van der Waals surface area (Å²) >= 11 is 0. The third-order valence-electron chi connectivity index (χ3n) is 4.65. The summed E-state index contributed by atoms with van der Waals surface area (Å²) < 4.78 is 0. The van der Waals surface area contributed by atoms with Gasteiger partial charge in [0, 0.05) is 49.1 Å². The molecule has 0 bridgehead atoms. The average Bonchev–Trinajstić information content (AvgIpc) is 3.20. The van der Waals surface area contributed by atoms with Gasteiger partial charge in [-0.1, -0.05) is 0 Å². The highest BCUT2D eigenvalue weighted by molar-refractivity contribution is 5.93. The van der Waals surface area contributed by atoms with E-state index in [0.717, 1.165) is 11.6 Å². The van der Waals surface area contributed by atoms with E-state index in [-0.39, 0.29) is 0 Å². The molecule has 20 heavy (non-hydrogen) atoms. The van der Waals surface area contributed by atoms with Crippen LogP contribution >= 0.6 is 0 Å². The molecule has 1 aliphatic carbocycles. The van der Waals surface area contributed by atoms with E-state index in [2.05, 4.69) is 46.1 Å². The number of anilines is 2. The quantitative estimate of drug-likeness (QED) is 0.849. The standard InChI is InChI=1S/C17H21N3/c1-19(13-4-5-13)14-6-7-15-16(12-14)18-9-8-17(15)20-10-2-3-11-20/h6-9,12-13H,2-5,10-11H2,1H3. The minimum absolute atomic E-state index is 0.745. The number of hydrogen-bond donors (Lipinski definition) is 0. The summed E-state index contributed by atoms with van der Waals surface area (Å²) in [5.41, 5.74) is 3.78. The number of aromatic nitrogens is 1. The van der Waals surface area contributed by atoms with Gasteiger partial charge in [0.25, 0.3) is 0 Å². The van der Waals surface area contributed by atoms with Crippen molar-refractivity contribution in [2.45, 2.75) is 31.7 Å². The molecule has 1 aromatic carbocycles. The first-order valence-corrected chi connectivity index (χ1v) is 7.69. The highest BCUT2D eigenvalue weighted by Gasteiger charge is 2.26. The fourth-order valence-electron chi connectivity index (χ4n) is 3.25. The first-order valence-electron chi connectivity index (χ1n) is 7.69. The average molecular weight is 267 g/mol. The zero-order chi connectivity index (χ0) is 13.5. The summed E-state index contributed by atoms with van der Waals surface area (Å²) in [6.07, 6.45) is 7.24. The number of hydrogen-bond acceptors (Lipinski definition) is 3. The lowest BCUT2D eigenvalue weighted by atomic mass is 10.1. The van der Waals surface area contributed by atoms with Crippen LogP contribution in [0.1, 0.15) is 25.7 Å². The zero-order valence-corrected chi connectivity index (χ0v) is 12.0. The Morgan fingerprint density at radius 3 is 2.70 bits per heavy atom. The maximum atomic E-state index is 4.58. The van der Waals surface area contributed by atoms with Crippen LogP contribution in [0.25, 0.3) is 10.9 Å². The summed E-state index contributed by atoms with van der Waals surface area (Å²) in [6, 6.07) is 9.66. The van der Waals surface area contributed by atoms with Crippen molar-refractivity contribution in [1.29, 1.82) is 0 Å². The van der Waals surface area contributed by atoms with Gasteiger partial charge in [-0.2, -0.15) is 0 Å². The predicted octanol–water partition coefficient (Wildman–Crippen LogP) is 3.43. The largest absolute Gasteiger partial charge is 0.372 e. The van der Waals surface area contributed by atoms with Gasteiger partial charge < -0.3 is 9.80 Å². The Morgan fingerprint density at radius 1 is 1.15 bits per heavy atom. The SMILES string of the molecule is CN(c1ccc2c(N3CCCC3)ccnc2c1)C1CC1. The maximum absolute atomic E-state index is 4.58. The van der Waals surface area contributed by atoms with Crippen LogP contribution < -0.4 is 9.80 Å². The molecule has 1 aliphatic heterocycles. The van der Waals surface area contributed by atoms with Gasteiger partial charge in [0.2, 0.25) is 0 Å². The van der Waals surface area contributed by atoms with E-state index >= 15 is 0 Å². The van der Waals surface area contributed by atoms with E-state index in [9.17, 15) is 0 Å². The molecule has 104 valence electrons. The first kappa shape index (κ1) is 12.0. The van der Waals surface area contributed by atoms with E-state index in [4.69, 9.17) is 0 Å². The van der Waals surface area contributed by atoms with Gasteiger partial charge in [-0.3, -0.25) is 4.98 Å². The smallest absolute Gasteiger partial charge is 0.0743 e. The highest BCUT2D eigenvalue weighted by Crippen LogP contribution is 2.34. The van der Waals surface area contributed by atoms with Crippen LogP contribution in [0.5, 0.6) is 0 Å². The van der Waals surface area contributed by atoms with Crippen LogP contribution in [0, 0.1) is 0 Å².